The van der Waals surface area contributed by atoms with Crippen LogP contribution in [0.2, 0.25) is 0 Å². The second-order valence-electron chi connectivity index (χ2n) is 16.6. The molecule has 0 aliphatic heterocycles. The van der Waals surface area contributed by atoms with Gasteiger partial charge in [-0.3, -0.25) is 19.2 Å². The van der Waals surface area contributed by atoms with Gasteiger partial charge in [-0.25, -0.2) is 13.8 Å². The van der Waals surface area contributed by atoms with E-state index in [0.29, 0.717) is 35.9 Å². The molecule has 0 radical (unpaired) electrons. The molecule has 83 heavy (non-hydrogen) atoms. The van der Waals surface area contributed by atoms with Crippen LogP contribution in [0, 0.1) is 0 Å². The van der Waals surface area contributed by atoms with Crippen LogP contribution in [0.25, 0.3) is 0 Å². The highest BCUT2D eigenvalue weighted by atomic mass is 79.9. The maximum atomic E-state index is 13.3. The van der Waals surface area contributed by atoms with Gasteiger partial charge in [-0.2, -0.15) is 0 Å². The van der Waals surface area contributed by atoms with Gasteiger partial charge in [0, 0.05) is 74.1 Å². The summed E-state index contributed by atoms with van der Waals surface area (Å²) in [7, 11) is 7.36. The Morgan fingerprint density at radius 2 is 0.627 bits per heavy atom. The van der Waals surface area contributed by atoms with Crippen molar-refractivity contribution in [1.29, 1.82) is 0 Å². The third-order valence-electron chi connectivity index (χ3n) is 10.6. The van der Waals surface area contributed by atoms with E-state index < -0.39 is 31.7 Å². The maximum Gasteiger partial charge on any atom is 0.335 e. The Labute approximate surface area is 523 Å². The number of rotatable bonds is 14. The van der Waals surface area contributed by atoms with Gasteiger partial charge in [0.05, 0.1) is 45.3 Å². The van der Waals surface area contributed by atoms with Gasteiger partial charge in [0.25, 0.3) is 22.3 Å². The number of benzene rings is 9. The minimum atomic E-state index is -1.67. The van der Waals surface area contributed by atoms with Crippen LogP contribution in [0.4, 0.5) is 51.2 Å². The summed E-state index contributed by atoms with van der Waals surface area (Å²) in [6.07, 6.45) is 0. The number of anilines is 9. The van der Waals surface area contributed by atoms with Crippen molar-refractivity contribution >= 4 is 187 Å². The Morgan fingerprint density at radius 1 is 0.373 bits per heavy atom. The van der Waals surface area contributed by atoms with Crippen LogP contribution in [-0.2, 0) is 9.23 Å². The van der Waals surface area contributed by atoms with E-state index in [1.165, 1.54) is 30.3 Å². The molecule has 424 valence electrons. The van der Waals surface area contributed by atoms with Crippen molar-refractivity contribution in [2.75, 3.05) is 32.3 Å². The van der Waals surface area contributed by atoms with Gasteiger partial charge < -0.3 is 42.5 Å². The summed E-state index contributed by atoms with van der Waals surface area (Å²) < 4.78 is 10.7. The number of para-hydroxylation sites is 9. The van der Waals surface area contributed by atoms with Crippen LogP contribution < -0.4 is 32.3 Å². The normalized spacial score (nSPS) is 9.98. The Balaban J connectivity index is 0.000000233. The van der Waals surface area contributed by atoms with Crippen LogP contribution >= 0.6 is 92.4 Å². The van der Waals surface area contributed by atoms with Crippen molar-refractivity contribution in [1.82, 2.24) is 0 Å². The van der Waals surface area contributed by atoms with Gasteiger partial charge in [0.15, 0.2) is 0 Å². The number of nitrogen functional groups attached to an aromatic ring is 1. The third kappa shape index (κ3) is 23.1. The van der Waals surface area contributed by atoms with Crippen molar-refractivity contribution in [3.8, 4) is 0 Å². The molecule has 0 saturated carbocycles. The molecule has 9 aromatic rings. The minimum Gasteiger partial charge on any atom is -0.478 e. The molecule has 0 atom stereocenters. The van der Waals surface area contributed by atoms with Crippen molar-refractivity contribution in [2.24, 2.45) is 0 Å². The molecular weight excluding hydrogens is 1360 g/mol. The molecule has 0 aromatic heterocycles. The molecule has 0 fully saturated rings. The van der Waals surface area contributed by atoms with E-state index in [2.05, 4.69) is 95.7 Å². The smallest absolute Gasteiger partial charge is 0.335 e. The molecule has 2 amide bonds. The lowest BCUT2D eigenvalue weighted by Crippen LogP contribution is -2.17. The fraction of sp³-hybridized carbons (Fsp3) is 0. The molecule has 0 unspecified atom stereocenters. The van der Waals surface area contributed by atoms with E-state index in [1.807, 2.05) is 164 Å². The van der Waals surface area contributed by atoms with E-state index in [-0.39, 0.29) is 34.1 Å². The number of carboxylic acids is 2. The van der Waals surface area contributed by atoms with Crippen LogP contribution in [0.15, 0.2) is 232 Å². The largest absolute Gasteiger partial charge is 0.478 e. The quantitative estimate of drug-likeness (QED) is 0.0373. The average molecular weight is 1410 g/mol. The number of carbonyl (C=O) groups excluding carboxylic acids is 4. The molecule has 0 heterocycles. The molecule has 9 aromatic carbocycles. The number of carbonyl (C=O) groups is 6. The first-order valence-electron chi connectivity index (χ1n) is 23.8. The zero-order valence-electron chi connectivity index (χ0n) is 42.7. The summed E-state index contributed by atoms with van der Waals surface area (Å²) in [6, 6.07) is 65.2. The lowest BCUT2D eigenvalue weighted by Gasteiger charge is -2.15. The van der Waals surface area contributed by atoms with Gasteiger partial charge in [0.1, 0.15) is 0 Å². The van der Waals surface area contributed by atoms with Gasteiger partial charge in [-0.15, -0.1) is 0 Å². The second kappa shape index (κ2) is 33.9. The van der Waals surface area contributed by atoms with Gasteiger partial charge in [0.2, 0.25) is 9.23 Å². The van der Waals surface area contributed by atoms with Gasteiger partial charge in [-0.05, 0) is 151 Å². The van der Waals surface area contributed by atoms with Crippen LogP contribution in [0.3, 0.4) is 0 Å². The third-order valence-corrected chi connectivity index (χ3v) is 12.4. The molecule has 0 spiro atoms. The van der Waals surface area contributed by atoms with E-state index in [4.69, 9.17) is 43.4 Å². The molecule has 0 bridgehead atoms. The maximum absolute atomic E-state index is 13.3. The summed E-state index contributed by atoms with van der Waals surface area (Å²) in [5.74, 6) is -2.97. The summed E-state index contributed by atoms with van der Waals surface area (Å²) >= 11 is 20.1. The molecule has 15 nitrogen and oxygen atoms in total. The standard InChI is InChI=1S/C32H25BrN4O2.C12H12N2.C8H3BrCl2O2.C8H5BrO4.Cl2OS/c33-24-20-22(31(38)36-29-17-9-7-15-27(29)34-25-11-3-1-4-12-25)19-23(21-24)32(39)37-30-18-10-8-16-28(30)35-26-13-5-2-6-14-26;13-11-8-4-5-9-12(11)14-10-6-2-1-3-7-10;9-6-2-4(7(10)12)1-5(3-6)8(11)13;9-6-2-4(7(10)11)1-5(3-6)8(12)13;1-4(2)3/h1-21,34-35H,(H,36,38)(H,37,39);1-9,14H,13H2;1-3H;1-3H,(H,10,11)(H,12,13);. The summed E-state index contributed by atoms with van der Waals surface area (Å²) in [5.41, 5.74) is 14.2. The lowest BCUT2D eigenvalue weighted by molar-refractivity contribution is 0.0695. The molecule has 0 aliphatic rings. The highest BCUT2D eigenvalue weighted by molar-refractivity contribution is 9.11. The van der Waals surface area contributed by atoms with Crippen LogP contribution in [-0.4, -0.2) is 48.7 Å². The van der Waals surface area contributed by atoms with Crippen molar-refractivity contribution in [2.45, 2.75) is 0 Å². The predicted octanol–water partition coefficient (Wildman–Crippen LogP) is 17.5. The second-order valence-corrected chi connectivity index (χ2v) is 22.5. The highest BCUT2D eigenvalue weighted by Gasteiger charge is 2.17. The Morgan fingerprint density at radius 3 is 0.952 bits per heavy atom. The first kappa shape index (κ1) is 66.0. The van der Waals surface area contributed by atoms with Crippen LogP contribution in [0.1, 0.15) is 62.1 Å². The minimum absolute atomic E-state index is 0.0493. The molecule has 9 N–H and O–H groups in total. The first-order valence-corrected chi connectivity index (χ1v) is 29.7. The number of hydrogen-bond acceptors (Lipinski definition) is 11. The fourth-order valence-corrected chi connectivity index (χ4v) is 8.64. The SMILES string of the molecule is Nc1ccccc1Nc1ccccc1.O=C(Cl)c1cc(Br)cc(C(=O)Cl)c1.O=C(Nc1ccccc1Nc1ccccc1)c1cc(Br)cc(C(=O)Nc2ccccc2Nc2ccccc2)c1.O=C(O)c1cc(Br)cc(C(=O)O)c1.O=S(Cl)Cl. The molecule has 9 rings (SSSR count). The van der Waals surface area contributed by atoms with Crippen molar-refractivity contribution in [3.63, 3.8) is 0 Å². The van der Waals surface area contributed by atoms with Gasteiger partial charge in [-0.1, -0.05) is 139 Å². The van der Waals surface area contributed by atoms with Crippen molar-refractivity contribution in [3.05, 3.63) is 265 Å². The number of hydrogen-bond donors (Lipinski definition) is 8. The fourth-order valence-electron chi connectivity index (χ4n) is 6.94. The number of nitrogens with two attached hydrogens (primary N) is 1. The average Bonchev–Trinajstić information content (AvgIpc) is 3.51. The zero-order valence-corrected chi connectivity index (χ0v) is 51.3. The van der Waals surface area contributed by atoms with Crippen LogP contribution in [0.5, 0.6) is 0 Å². The molecule has 23 heteroatoms. The van der Waals surface area contributed by atoms with Crippen molar-refractivity contribution < 1.29 is 43.2 Å². The Hall–Kier alpha value is -7.85. The molecular formula is C60H45Br3Cl4N6O9S. The van der Waals surface area contributed by atoms with E-state index in [0.717, 1.165) is 45.9 Å². The van der Waals surface area contributed by atoms with Gasteiger partial charge >= 0.3 is 11.9 Å². The Bertz CT molecular complexity index is 3490. The number of carboxylic acid groups (broad SMARTS) is 2. The molecule has 0 saturated heterocycles. The van der Waals surface area contributed by atoms with E-state index >= 15 is 0 Å². The highest BCUT2D eigenvalue weighted by Crippen LogP contribution is 2.29. The van der Waals surface area contributed by atoms with E-state index in [9.17, 15) is 28.8 Å². The number of amides is 2. The number of aromatic carboxylic acids is 2. The summed E-state index contributed by atoms with van der Waals surface area (Å²) in [5, 5.41) is 31.8. The summed E-state index contributed by atoms with van der Waals surface area (Å²) in [6.45, 7) is 0. The predicted molar refractivity (Wildman–Crippen MR) is 345 cm³/mol. The first-order chi connectivity index (χ1) is 39.6. The Kier molecular flexibility index (Phi) is 27.0. The zero-order chi connectivity index (χ0) is 60.4. The number of nitrogens with one attached hydrogen (secondary N) is 5. The van der Waals surface area contributed by atoms with E-state index in [1.54, 1.807) is 18.2 Å². The monoisotopic (exact) mass is 1400 g/mol. The summed E-state index contributed by atoms with van der Waals surface area (Å²) in [4.78, 5) is 69.1. The lowest BCUT2D eigenvalue weighted by atomic mass is 10.1. The molecule has 0 aliphatic carbocycles. The topological polar surface area (TPSA) is 246 Å². The number of halogens is 7.